The Morgan fingerprint density at radius 3 is 2.03 bits per heavy atom. The van der Waals surface area contributed by atoms with Gasteiger partial charge >= 0.3 is 17.9 Å². The molecule has 3 aromatic carbocycles. The molecule has 0 radical (unpaired) electrons. The molecule has 0 aromatic heterocycles. The summed E-state index contributed by atoms with van der Waals surface area (Å²) >= 11 is 5.64. The molecule has 0 unspecified atom stereocenters. The number of aromatic carboxylic acids is 1. The normalized spacial score (nSPS) is 13.0. The van der Waals surface area contributed by atoms with Gasteiger partial charge in [0.15, 0.2) is 10.5 Å². The summed E-state index contributed by atoms with van der Waals surface area (Å²) in [5.74, 6) is -7.38. The van der Waals surface area contributed by atoms with Gasteiger partial charge in [-0.2, -0.15) is 0 Å². The highest BCUT2D eigenvalue weighted by Gasteiger charge is 2.32. The molecule has 0 bridgehead atoms. The number of hydrogen-bond donors (Lipinski definition) is 10. The van der Waals surface area contributed by atoms with Crippen LogP contribution in [0.25, 0.3) is 33.4 Å². The van der Waals surface area contributed by atoms with Crippen molar-refractivity contribution in [1.29, 1.82) is 0 Å². The third kappa shape index (κ3) is 11.1. The smallest absolute Gasteiger partial charge is 0.336 e. The van der Waals surface area contributed by atoms with Crippen molar-refractivity contribution in [3.05, 3.63) is 100 Å². The van der Waals surface area contributed by atoms with Crippen LogP contribution in [0.5, 0.6) is 11.5 Å². The molecule has 1 aliphatic heterocycles. The number of nitrogens with one attached hydrogen (secondary N) is 5. The van der Waals surface area contributed by atoms with Gasteiger partial charge < -0.3 is 56.5 Å². The van der Waals surface area contributed by atoms with Gasteiger partial charge in [0, 0.05) is 40.8 Å². The van der Waals surface area contributed by atoms with E-state index in [0.717, 1.165) is 0 Å². The molecule has 61 heavy (non-hydrogen) atoms. The maximum absolute atomic E-state index is 14.0. The van der Waals surface area contributed by atoms with Gasteiger partial charge in [0.1, 0.15) is 47.0 Å². The van der Waals surface area contributed by atoms with E-state index in [2.05, 4.69) is 26.6 Å². The van der Waals surface area contributed by atoms with Crippen LogP contribution >= 0.6 is 12.2 Å². The fourth-order valence-corrected chi connectivity index (χ4v) is 6.66. The predicted molar refractivity (Wildman–Crippen MR) is 224 cm³/mol. The second kappa shape index (κ2) is 19.0. The van der Waals surface area contributed by atoms with Crippen molar-refractivity contribution in [2.45, 2.75) is 57.8 Å². The SMILES string of the molecule is CC(C)[C@H](NC(=O)[C@H](Cc1ccc(O)cc1)NC(=S)Nc1ccc(C(=O)O)c(-c2c3ccc(=O)cc-3oc3cc(O)ccc23)c1)C(=O)N[C@@H](C)C(=O)N[C@@H](CC(=O)O)C(=O)O. The number of rotatable bonds is 16. The van der Waals surface area contributed by atoms with Crippen LogP contribution in [0.4, 0.5) is 5.69 Å². The highest BCUT2D eigenvalue weighted by Crippen LogP contribution is 2.42. The van der Waals surface area contributed by atoms with Crippen LogP contribution in [0, 0.1) is 5.92 Å². The summed E-state index contributed by atoms with van der Waals surface area (Å²) in [5, 5.41) is 62.0. The van der Waals surface area contributed by atoms with E-state index >= 15 is 0 Å². The summed E-state index contributed by atoms with van der Waals surface area (Å²) in [5.41, 5.74) is 1.54. The van der Waals surface area contributed by atoms with Crippen molar-refractivity contribution in [2.75, 3.05) is 5.32 Å². The van der Waals surface area contributed by atoms with E-state index in [0.29, 0.717) is 22.1 Å². The molecule has 1 heterocycles. The molecule has 3 amide bonds. The second-order valence-electron chi connectivity index (χ2n) is 14.4. The second-order valence-corrected chi connectivity index (χ2v) is 14.8. The van der Waals surface area contributed by atoms with Crippen molar-refractivity contribution in [3.63, 3.8) is 0 Å². The Balaban J connectivity index is 1.41. The van der Waals surface area contributed by atoms with E-state index in [1.54, 1.807) is 32.0 Å². The monoisotopic (exact) mass is 855 g/mol. The zero-order chi connectivity index (χ0) is 44.7. The predicted octanol–water partition coefficient (Wildman–Crippen LogP) is 3.26. The lowest BCUT2D eigenvalue weighted by Crippen LogP contribution is -2.59. The molecule has 3 aromatic rings. The topological polar surface area (TPSA) is 294 Å². The van der Waals surface area contributed by atoms with Crippen LogP contribution in [-0.2, 0) is 30.4 Å². The minimum Gasteiger partial charge on any atom is -0.508 e. The summed E-state index contributed by atoms with van der Waals surface area (Å²) in [7, 11) is 0. The van der Waals surface area contributed by atoms with Crippen LogP contribution in [0.2, 0.25) is 0 Å². The zero-order valence-electron chi connectivity index (χ0n) is 32.7. The third-order valence-corrected chi connectivity index (χ3v) is 9.66. The molecular weight excluding hydrogens is 815 g/mol. The number of fused-ring (bicyclic) bond motifs is 2. The lowest BCUT2D eigenvalue weighted by molar-refractivity contribution is -0.147. The maximum Gasteiger partial charge on any atom is 0.336 e. The molecule has 10 N–H and O–H groups in total. The Morgan fingerprint density at radius 1 is 0.705 bits per heavy atom. The first-order valence-electron chi connectivity index (χ1n) is 18.6. The maximum atomic E-state index is 14.0. The number of thiocarbonyl (C=S) groups is 1. The number of amides is 3. The molecule has 318 valence electrons. The molecule has 4 atom stereocenters. The van der Waals surface area contributed by atoms with Crippen molar-refractivity contribution >= 4 is 69.6 Å². The molecule has 18 nitrogen and oxygen atoms in total. The first kappa shape index (κ1) is 44.6. The number of benzene rings is 4. The number of carbonyl (C=O) groups is 6. The van der Waals surface area contributed by atoms with Gasteiger partial charge in [-0.25, -0.2) is 9.59 Å². The quantitative estimate of drug-likeness (QED) is 0.0503. The molecule has 5 rings (SSSR count). The summed E-state index contributed by atoms with van der Waals surface area (Å²) in [6.07, 6.45) is -0.926. The van der Waals surface area contributed by atoms with Crippen molar-refractivity contribution in [2.24, 2.45) is 5.92 Å². The van der Waals surface area contributed by atoms with Gasteiger partial charge in [-0.1, -0.05) is 26.0 Å². The highest BCUT2D eigenvalue weighted by atomic mass is 32.1. The molecule has 1 aliphatic carbocycles. The van der Waals surface area contributed by atoms with Gasteiger partial charge in [-0.15, -0.1) is 0 Å². The zero-order valence-corrected chi connectivity index (χ0v) is 33.5. The van der Waals surface area contributed by atoms with Gasteiger partial charge in [-0.3, -0.25) is 24.0 Å². The van der Waals surface area contributed by atoms with E-state index in [9.17, 15) is 54.0 Å². The standard InChI is InChI=1S/C42H41N5O13S/c1-19(2)36(39(55)43-20(3)37(53)45-31(41(58)59)18-34(51)52)47-38(54)30(14-21-4-7-23(48)8-5-21)46-42(61)44-22-6-11-26(40(56)57)29(15-22)35-27-12-9-24(49)16-32(27)60-33-17-25(50)10-13-28(33)35/h4-13,15-17,19-20,30-31,36,48-49H,14,18H2,1-3H3,(H,43,55)(H,45,53)(H,47,54)(H,51,52)(H,56,57)(H,58,59)(H2,44,46,61)/t20-,30-,31-,36-/m0/s1. The third-order valence-electron chi connectivity index (χ3n) is 9.44. The number of carboxylic acid groups (broad SMARTS) is 3. The fraction of sp³-hybridized carbons (Fsp3) is 0.238. The first-order valence-corrected chi connectivity index (χ1v) is 19.0. The van der Waals surface area contributed by atoms with E-state index in [1.807, 2.05) is 0 Å². The summed E-state index contributed by atoms with van der Waals surface area (Å²) < 4.78 is 5.92. The number of aliphatic carboxylic acids is 2. The lowest BCUT2D eigenvalue weighted by Gasteiger charge is -2.27. The van der Waals surface area contributed by atoms with E-state index < -0.39 is 72.1 Å². The van der Waals surface area contributed by atoms with Crippen molar-refractivity contribution in [1.82, 2.24) is 21.3 Å². The number of phenols is 2. The van der Waals surface area contributed by atoms with Crippen LogP contribution < -0.4 is 32.0 Å². The highest BCUT2D eigenvalue weighted by molar-refractivity contribution is 7.80. The van der Waals surface area contributed by atoms with Crippen LogP contribution in [0.15, 0.2) is 88.1 Å². The lowest BCUT2D eigenvalue weighted by atomic mass is 9.90. The molecule has 0 spiro atoms. The van der Waals surface area contributed by atoms with Crippen molar-refractivity contribution in [3.8, 4) is 33.9 Å². The minimum absolute atomic E-state index is 0.0252. The van der Waals surface area contributed by atoms with Gasteiger partial charge in [0.25, 0.3) is 0 Å². The number of hydrogen-bond acceptors (Lipinski definition) is 11. The Kier molecular flexibility index (Phi) is 13.9. The van der Waals surface area contributed by atoms with Gasteiger partial charge in [0.2, 0.25) is 17.7 Å². The van der Waals surface area contributed by atoms with Crippen LogP contribution in [-0.4, -0.2) is 90.4 Å². The average molecular weight is 856 g/mol. The fourth-order valence-electron chi connectivity index (χ4n) is 6.40. The first-order chi connectivity index (χ1) is 28.8. The summed E-state index contributed by atoms with van der Waals surface area (Å²) in [6.45, 7) is 4.52. The summed E-state index contributed by atoms with van der Waals surface area (Å²) in [6, 6.07) is 13.1. The average Bonchev–Trinajstić information content (AvgIpc) is 3.18. The van der Waals surface area contributed by atoms with E-state index in [1.165, 1.54) is 67.6 Å². The number of aromatic hydroxyl groups is 2. The molecule has 2 aliphatic rings. The van der Waals surface area contributed by atoms with Crippen LogP contribution in [0.1, 0.15) is 43.1 Å². The molecule has 0 saturated carbocycles. The molecule has 0 saturated heterocycles. The number of carbonyl (C=O) groups excluding carboxylic acids is 3. The Hall–Kier alpha value is -7.54. The van der Waals surface area contributed by atoms with Gasteiger partial charge in [0.05, 0.1) is 12.0 Å². The molecule has 19 heteroatoms. The minimum atomic E-state index is -1.76. The largest absolute Gasteiger partial charge is 0.508 e. The number of anilines is 1. The number of carboxylic acids is 3. The number of phenolic OH excluding ortho intramolecular Hbond substituents is 2. The Morgan fingerprint density at radius 2 is 1.39 bits per heavy atom. The van der Waals surface area contributed by atoms with Crippen LogP contribution in [0.3, 0.4) is 0 Å². The van der Waals surface area contributed by atoms with Crippen molar-refractivity contribution < 1.29 is 58.7 Å². The Labute approximate surface area is 351 Å². The van der Waals surface area contributed by atoms with E-state index in [-0.39, 0.29) is 56.6 Å². The Bertz CT molecular complexity index is 2560. The molecule has 0 fully saturated rings. The van der Waals surface area contributed by atoms with Gasteiger partial charge in [-0.05, 0) is 90.8 Å². The van der Waals surface area contributed by atoms with E-state index in [4.69, 9.17) is 21.7 Å². The molecular formula is C42H41N5O13S. The summed E-state index contributed by atoms with van der Waals surface area (Å²) in [4.78, 5) is 87.6.